The summed E-state index contributed by atoms with van der Waals surface area (Å²) in [7, 11) is 0. The van der Waals surface area contributed by atoms with E-state index >= 15 is 0 Å². The standard InChI is InChI=1S/C15H20N2O3/c1-10-8-11-6-4-5-7-12(11)17(10)14(20)13(19)16-15(2,3)9-18/h4-7,10,18H,8-9H2,1-3H3,(H,16,19). The van der Waals surface area contributed by atoms with Gasteiger partial charge < -0.3 is 15.3 Å². The van der Waals surface area contributed by atoms with E-state index in [0.29, 0.717) is 0 Å². The summed E-state index contributed by atoms with van der Waals surface area (Å²) in [5, 5.41) is 11.7. The normalized spacial score (nSPS) is 17.8. The summed E-state index contributed by atoms with van der Waals surface area (Å²) in [5.74, 6) is -1.27. The van der Waals surface area contributed by atoms with Crippen molar-refractivity contribution in [1.82, 2.24) is 5.32 Å². The summed E-state index contributed by atoms with van der Waals surface area (Å²) < 4.78 is 0. The number of carbonyl (C=O) groups is 2. The number of hydrogen-bond donors (Lipinski definition) is 2. The molecule has 108 valence electrons. The average molecular weight is 276 g/mol. The first-order valence-electron chi connectivity index (χ1n) is 6.70. The molecule has 5 heteroatoms. The molecule has 0 saturated carbocycles. The van der Waals surface area contributed by atoms with E-state index in [-0.39, 0.29) is 12.6 Å². The van der Waals surface area contributed by atoms with Crippen LogP contribution in [0.3, 0.4) is 0 Å². The van der Waals surface area contributed by atoms with Gasteiger partial charge in [0.15, 0.2) is 0 Å². The minimum absolute atomic E-state index is 0.0390. The molecule has 2 rings (SSSR count). The molecule has 20 heavy (non-hydrogen) atoms. The molecule has 1 atom stereocenters. The Balaban J connectivity index is 2.20. The van der Waals surface area contributed by atoms with Gasteiger partial charge in [-0.1, -0.05) is 18.2 Å². The van der Waals surface area contributed by atoms with Gasteiger partial charge in [-0.25, -0.2) is 0 Å². The first-order chi connectivity index (χ1) is 9.35. The lowest BCUT2D eigenvalue weighted by molar-refractivity contribution is -0.139. The monoisotopic (exact) mass is 276 g/mol. The van der Waals surface area contributed by atoms with Gasteiger partial charge in [0.1, 0.15) is 0 Å². The number of nitrogens with zero attached hydrogens (tertiary/aromatic N) is 1. The van der Waals surface area contributed by atoms with Crippen molar-refractivity contribution in [3.05, 3.63) is 29.8 Å². The summed E-state index contributed by atoms with van der Waals surface area (Å²) in [4.78, 5) is 25.9. The molecule has 0 bridgehead atoms. The summed E-state index contributed by atoms with van der Waals surface area (Å²) in [6.07, 6.45) is 0.749. The molecule has 5 nitrogen and oxygen atoms in total. The predicted octanol–water partition coefficient (Wildman–Crippen LogP) is 0.851. The van der Waals surface area contributed by atoms with Crippen molar-refractivity contribution in [3.63, 3.8) is 0 Å². The first-order valence-corrected chi connectivity index (χ1v) is 6.70. The number of aliphatic hydroxyl groups is 1. The number of anilines is 1. The van der Waals surface area contributed by atoms with E-state index in [4.69, 9.17) is 5.11 Å². The highest BCUT2D eigenvalue weighted by Crippen LogP contribution is 2.31. The van der Waals surface area contributed by atoms with Gasteiger partial charge in [0.05, 0.1) is 12.1 Å². The van der Waals surface area contributed by atoms with Gasteiger partial charge in [0.2, 0.25) is 0 Å². The molecule has 1 aliphatic heterocycles. The zero-order chi connectivity index (χ0) is 14.9. The number of hydrogen-bond acceptors (Lipinski definition) is 3. The number of aliphatic hydroxyl groups excluding tert-OH is 1. The van der Waals surface area contributed by atoms with Crippen LogP contribution in [0.4, 0.5) is 5.69 Å². The van der Waals surface area contributed by atoms with Crippen molar-refractivity contribution in [3.8, 4) is 0 Å². The highest BCUT2D eigenvalue weighted by Gasteiger charge is 2.35. The van der Waals surface area contributed by atoms with E-state index < -0.39 is 17.4 Å². The average Bonchev–Trinajstić information content (AvgIpc) is 2.73. The van der Waals surface area contributed by atoms with Crippen LogP contribution in [0.15, 0.2) is 24.3 Å². The number of carbonyl (C=O) groups excluding carboxylic acids is 2. The molecule has 0 aliphatic carbocycles. The Kier molecular flexibility index (Phi) is 3.81. The second-order valence-electron chi connectivity index (χ2n) is 5.85. The van der Waals surface area contributed by atoms with Crippen LogP contribution >= 0.6 is 0 Å². The molecule has 2 N–H and O–H groups in total. The molecule has 1 unspecified atom stereocenters. The highest BCUT2D eigenvalue weighted by molar-refractivity contribution is 6.41. The van der Waals surface area contributed by atoms with Crippen LogP contribution in [-0.2, 0) is 16.0 Å². The van der Waals surface area contributed by atoms with Crippen molar-refractivity contribution in [2.75, 3.05) is 11.5 Å². The fraction of sp³-hybridized carbons (Fsp3) is 0.467. The minimum Gasteiger partial charge on any atom is -0.394 e. The van der Waals surface area contributed by atoms with Gasteiger partial charge >= 0.3 is 11.8 Å². The zero-order valence-electron chi connectivity index (χ0n) is 12.0. The Morgan fingerprint density at radius 2 is 2.05 bits per heavy atom. The molecule has 0 saturated heterocycles. The SMILES string of the molecule is CC1Cc2ccccc2N1C(=O)C(=O)NC(C)(C)CO. The van der Waals surface area contributed by atoms with Crippen LogP contribution in [-0.4, -0.2) is 35.1 Å². The van der Waals surface area contributed by atoms with Crippen LogP contribution in [0.25, 0.3) is 0 Å². The third kappa shape index (κ3) is 2.67. The third-order valence-corrected chi connectivity index (χ3v) is 3.47. The molecule has 1 heterocycles. The number of para-hydroxylation sites is 1. The molecular weight excluding hydrogens is 256 g/mol. The van der Waals surface area contributed by atoms with E-state index in [9.17, 15) is 9.59 Å². The Labute approximate surface area is 118 Å². The first kappa shape index (κ1) is 14.5. The fourth-order valence-corrected chi connectivity index (χ4v) is 2.38. The Morgan fingerprint density at radius 3 is 2.70 bits per heavy atom. The van der Waals surface area contributed by atoms with Gasteiger partial charge in [-0.3, -0.25) is 9.59 Å². The second kappa shape index (κ2) is 5.25. The minimum atomic E-state index is -0.810. The molecule has 0 fully saturated rings. The van der Waals surface area contributed by atoms with E-state index in [2.05, 4.69) is 5.32 Å². The third-order valence-electron chi connectivity index (χ3n) is 3.47. The van der Waals surface area contributed by atoms with Crippen LogP contribution in [0.5, 0.6) is 0 Å². The van der Waals surface area contributed by atoms with E-state index in [1.165, 1.54) is 4.90 Å². The molecule has 0 radical (unpaired) electrons. The Bertz CT molecular complexity index is 540. The topological polar surface area (TPSA) is 69.6 Å². The van der Waals surface area contributed by atoms with Crippen LogP contribution in [0.1, 0.15) is 26.3 Å². The molecule has 0 aromatic heterocycles. The quantitative estimate of drug-likeness (QED) is 0.787. The van der Waals surface area contributed by atoms with Crippen molar-refractivity contribution in [2.45, 2.75) is 38.8 Å². The Hall–Kier alpha value is -1.88. The smallest absolute Gasteiger partial charge is 0.316 e. The van der Waals surface area contributed by atoms with Crippen molar-refractivity contribution < 1.29 is 14.7 Å². The molecule has 0 spiro atoms. The van der Waals surface area contributed by atoms with Gasteiger partial charge in [-0.15, -0.1) is 0 Å². The van der Waals surface area contributed by atoms with E-state index in [0.717, 1.165) is 17.7 Å². The van der Waals surface area contributed by atoms with Crippen LogP contribution < -0.4 is 10.2 Å². The lowest BCUT2D eigenvalue weighted by Crippen LogP contribution is -2.53. The molecular formula is C15H20N2O3. The maximum atomic E-state index is 12.3. The number of nitrogens with one attached hydrogen (secondary N) is 1. The summed E-state index contributed by atoms with van der Waals surface area (Å²) in [6, 6.07) is 7.56. The van der Waals surface area contributed by atoms with Crippen molar-refractivity contribution in [1.29, 1.82) is 0 Å². The Morgan fingerprint density at radius 1 is 1.40 bits per heavy atom. The molecule has 1 aliphatic rings. The number of benzene rings is 1. The zero-order valence-corrected chi connectivity index (χ0v) is 12.0. The van der Waals surface area contributed by atoms with Gasteiger partial charge in [0, 0.05) is 11.7 Å². The van der Waals surface area contributed by atoms with Crippen LogP contribution in [0, 0.1) is 0 Å². The van der Waals surface area contributed by atoms with Crippen molar-refractivity contribution in [2.24, 2.45) is 0 Å². The van der Waals surface area contributed by atoms with Crippen LogP contribution in [0.2, 0.25) is 0 Å². The highest BCUT2D eigenvalue weighted by atomic mass is 16.3. The van der Waals surface area contributed by atoms with Gasteiger partial charge in [-0.05, 0) is 38.8 Å². The summed E-state index contributed by atoms with van der Waals surface area (Å²) >= 11 is 0. The van der Waals surface area contributed by atoms with Gasteiger partial charge in [0.25, 0.3) is 0 Å². The van der Waals surface area contributed by atoms with E-state index in [1.807, 2.05) is 31.2 Å². The summed E-state index contributed by atoms with van der Waals surface area (Å²) in [5.41, 5.74) is 1.06. The second-order valence-corrected chi connectivity index (χ2v) is 5.85. The van der Waals surface area contributed by atoms with Gasteiger partial charge in [-0.2, -0.15) is 0 Å². The largest absolute Gasteiger partial charge is 0.394 e. The van der Waals surface area contributed by atoms with Crippen molar-refractivity contribution >= 4 is 17.5 Å². The molecule has 1 aromatic carbocycles. The lowest BCUT2D eigenvalue weighted by atomic mass is 10.1. The number of amides is 2. The van der Waals surface area contributed by atoms with E-state index in [1.54, 1.807) is 13.8 Å². The number of rotatable bonds is 2. The lowest BCUT2D eigenvalue weighted by Gasteiger charge is -2.26. The maximum absolute atomic E-state index is 12.3. The predicted molar refractivity (Wildman–Crippen MR) is 76.4 cm³/mol. The number of fused-ring (bicyclic) bond motifs is 1. The summed E-state index contributed by atoms with van der Waals surface area (Å²) in [6.45, 7) is 5.03. The molecule has 2 amide bonds. The maximum Gasteiger partial charge on any atom is 0.316 e. The molecule has 1 aromatic rings. The fourth-order valence-electron chi connectivity index (χ4n) is 2.38.